The van der Waals surface area contributed by atoms with E-state index in [2.05, 4.69) is 31.4 Å². The van der Waals surface area contributed by atoms with E-state index < -0.39 is 0 Å². The molecular weight excluding hydrogens is 274 g/mol. The molecule has 1 aromatic heterocycles. The Kier molecular flexibility index (Phi) is 2.91. The number of carbonyl (C=O) groups excluding carboxylic acids is 1. The van der Waals surface area contributed by atoms with E-state index in [1.807, 2.05) is 6.07 Å². The Morgan fingerprint density at radius 1 is 1.25 bits per heavy atom. The van der Waals surface area contributed by atoms with Crippen molar-refractivity contribution in [2.45, 2.75) is 0 Å². The number of nitrogens with one attached hydrogen (secondary N) is 3. The standard InChI is InChI=1S/C10H8BrN3O2/c11-6-2-1-3-7(4-6)12-10(16)8-5-9(15)14-13-8/h1-5H,(H,12,16)(H2,13,14,15). The number of amides is 1. The van der Waals surface area contributed by atoms with Gasteiger partial charge in [0.15, 0.2) is 0 Å². The Labute approximate surface area is 99.0 Å². The van der Waals surface area contributed by atoms with Crippen LogP contribution < -0.4 is 10.9 Å². The lowest BCUT2D eigenvalue weighted by molar-refractivity contribution is 0.102. The quantitative estimate of drug-likeness (QED) is 0.784. The second kappa shape index (κ2) is 4.36. The molecule has 82 valence electrons. The van der Waals surface area contributed by atoms with Gasteiger partial charge in [-0.2, -0.15) is 0 Å². The summed E-state index contributed by atoms with van der Waals surface area (Å²) >= 11 is 3.30. The molecule has 0 aliphatic heterocycles. The van der Waals surface area contributed by atoms with Crippen molar-refractivity contribution >= 4 is 27.5 Å². The largest absolute Gasteiger partial charge is 0.321 e. The first-order valence-corrected chi connectivity index (χ1v) is 5.29. The third-order valence-electron chi connectivity index (χ3n) is 1.92. The molecule has 0 spiro atoms. The first-order chi connectivity index (χ1) is 7.65. The number of H-pyrrole nitrogens is 2. The van der Waals surface area contributed by atoms with Crippen LogP contribution in [0.3, 0.4) is 0 Å². The molecule has 6 heteroatoms. The minimum absolute atomic E-state index is 0.199. The summed E-state index contributed by atoms with van der Waals surface area (Å²) < 4.78 is 0.868. The average Bonchev–Trinajstić information content (AvgIpc) is 2.65. The number of rotatable bonds is 2. The van der Waals surface area contributed by atoms with E-state index in [0.717, 1.165) is 4.47 Å². The van der Waals surface area contributed by atoms with Crippen molar-refractivity contribution in [3.63, 3.8) is 0 Å². The number of halogens is 1. The van der Waals surface area contributed by atoms with Crippen molar-refractivity contribution in [3.8, 4) is 0 Å². The summed E-state index contributed by atoms with van der Waals surface area (Å²) in [5.41, 5.74) is 0.519. The van der Waals surface area contributed by atoms with Gasteiger partial charge in [0.2, 0.25) is 0 Å². The molecule has 0 fully saturated rings. The van der Waals surface area contributed by atoms with Crippen LogP contribution in [0.25, 0.3) is 0 Å². The van der Waals surface area contributed by atoms with Crippen LogP contribution in [-0.2, 0) is 0 Å². The topological polar surface area (TPSA) is 77.8 Å². The van der Waals surface area contributed by atoms with Crippen molar-refractivity contribution in [2.24, 2.45) is 0 Å². The number of carbonyl (C=O) groups is 1. The Bertz CT molecular complexity index is 573. The van der Waals surface area contributed by atoms with Gasteiger partial charge in [0, 0.05) is 16.2 Å². The highest BCUT2D eigenvalue weighted by Gasteiger charge is 2.08. The molecule has 0 aliphatic carbocycles. The van der Waals surface area contributed by atoms with E-state index in [1.165, 1.54) is 6.07 Å². The van der Waals surface area contributed by atoms with Crippen molar-refractivity contribution in [2.75, 3.05) is 5.32 Å². The zero-order valence-electron chi connectivity index (χ0n) is 8.08. The van der Waals surface area contributed by atoms with Crippen LogP contribution in [0.1, 0.15) is 10.5 Å². The van der Waals surface area contributed by atoms with E-state index in [0.29, 0.717) is 5.69 Å². The first-order valence-electron chi connectivity index (χ1n) is 4.50. The van der Waals surface area contributed by atoms with E-state index >= 15 is 0 Å². The smallest absolute Gasteiger partial charge is 0.273 e. The van der Waals surface area contributed by atoms with Crippen LogP contribution in [0.4, 0.5) is 5.69 Å². The van der Waals surface area contributed by atoms with Gasteiger partial charge in [-0.15, -0.1) is 0 Å². The molecule has 0 bridgehead atoms. The highest BCUT2D eigenvalue weighted by Crippen LogP contribution is 2.15. The van der Waals surface area contributed by atoms with Gasteiger partial charge in [-0.25, -0.2) is 0 Å². The molecule has 3 N–H and O–H groups in total. The highest BCUT2D eigenvalue weighted by molar-refractivity contribution is 9.10. The molecule has 0 saturated carbocycles. The van der Waals surface area contributed by atoms with Gasteiger partial charge in [-0.3, -0.25) is 19.8 Å². The van der Waals surface area contributed by atoms with Crippen LogP contribution >= 0.6 is 15.9 Å². The molecule has 1 amide bonds. The van der Waals surface area contributed by atoms with Gasteiger partial charge in [0.25, 0.3) is 11.5 Å². The van der Waals surface area contributed by atoms with Crippen LogP contribution in [0.2, 0.25) is 0 Å². The molecule has 0 aliphatic rings. The fourth-order valence-corrected chi connectivity index (χ4v) is 1.62. The molecular formula is C10H8BrN3O2. The predicted molar refractivity (Wildman–Crippen MR) is 63.5 cm³/mol. The molecule has 5 nitrogen and oxygen atoms in total. The van der Waals surface area contributed by atoms with Gasteiger partial charge >= 0.3 is 0 Å². The molecule has 0 unspecified atom stereocenters. The second-order valence-corrected chi connectivity index (χ2v) is 4.05. The zero-order chi connectivity index (χ0) is 11.5. The molecule has 2 rings (SSSR count). The van der Waals surface area contributed by atoms with Crippen molar-refractivity contribution in [1.82, 2.24) is 10.2 Å². The predicted octanol–water partition coefficient (Wildman–Crippen LogP) is 1.72. The summed E-state index contributed by atoms with van der Waals surface area (Å²) in [4.78, 5) is 22.4. The fourth-order valence-electron chi connectivity index (χ4n) is 1.22. The van der Waals surface area contributed by atoms with Crippen LogP contribution in [-0.4, -0.2) is 16.1 Å². The van der Waals surface area contributed by atoms with Crippen molar-refractivity contribution in [1.29, 1.82) is 0 Å². The fraction of sp³-hybridized carbons (Fsp3) is 0. The number of aromatic amines is 2. The van der Waals surface area contributed by atoms with Crippen molar-refractivity contribution in [3.05, 3.63) is 50.9 Å². The van der Waals surface area contributed by atoms with E-state index in [9.17, 15) is 9.59 Å². The van der Waals surface area contributed by atoms with E-state index in [4.69, 9.17) is 0 Å². The summed E-state index contributed by atoms with van der Waals surface area (Å²) in [5, 5.41) is 7.43. The Morgan fingerprint density at radius 3 is 2.69 bits per heavy atom. The van der Waals surface area contributed by atoms with Gasteiger partial charge in [0.1, 0.15) is 5.69 Å². The number of benzene rings is 1. The maximum Gasteiger partial charge on any atom is 0.273 e. The lowest BCUT2D eigenvalue weighted by atomic mass is 10.3. The third-order valence-corrected chi connectivity index (χ3v) is 2.42. The number of hydrogen-bond acceptors (Lipinski definition) is 2. The Morgan fingerprint density at radius 2 is 2.06 bits per heavy atom. The number of anilines is 1. The highest BCUT2D eigenvalue weighted by atomic mass is 79.9. The minimum atomic E-state index is -0.364. The Balaban J connectivity index is 2.16. The van der Waals surface area contributed by atoms with Crippen molar-refractivity contribution < 1.29 is 4.79 Å². The molecule has 1 heterocycles. The Hall–Kier alpha value is -1.82. The normalized spacial score (nSPS) is 10.1. The zero-order valence-corrected chi connectivity index (χ0v) is 9.67. The first kappa shape index (κ1) is 10.7. The van der Waals surface area contributed by atoms with Crippen LogP contribution in [0.15, 0.2) is 39.6 Å². The van der Waals surface area contributed by atoms with E-state index in [1.54, 1.807) is 18.2 Å². The SMILES string of the molecule is O=C(Nc1cccc(Br)c1)c1cc(=O)[nH][nH]1. The van der Waals surface area contributed by atoms with Crippen LogP contribution in [0.5, 0.6) is 0 Å². The summed E-state index contributed by atoms with van der Waals surface area (Å²) in [5.74, 6) is -0.364. The molecule has 0 atom stereocenters. The van der Waals surface area contributed by atoms with Gasteiger partial charge < -0.3 is 5.32 Å². The maximum absolute atomic E-state index is 11.6. The third kappa shape index (κ3) is 2.40. The van der Waals surface area contributed by atoms with Gasteiger partial charge in [-0.1, -0.05) is 22.0 Å². The monoisotopic (exact) mass is 281 g/mol. The lowest BCUT2D eigenvalue weighted by Crippen LogP contribution is -2.12. The average molecular weight is 282 g/mol. The molecule has 0 saturated heterocycles. The number of aromatic nitrogens is 2. The van der Waals surface area contributed by atoms with Gasteiger partial charge in [-0.05, 0) is 18.2 Å². The molecule has 1 aromatic carbocycles. The molecule has 2 aromatic rings. The lowest BCUT2D eigenvalue weighted by Gasteiger charge is -2.03. The molecule has 0 radical (unpaired) electrons. The molecule has 16 heavy (non-hydrogen) atoms. The van der Waals surface area contributed by atoms with Crippen LogP contribution in [0, 0.1) is 0 Å². The minimum Gasteiger partial charge on any atom is -0.321 e. The maximum atomic E-state index is 11.6. The van der Waals surface area contributed by atoms with Gasteiger partial charge in [0.05, 0.1) is 0 Å². The summed E-state index contributed by atoms with van der Waals surface area (Å²) in [6.07, 6.45) is 0. The second-order valence-electron chi connectivity index (χ2n) is 3.14. The summed E-state index contributed by atoms with van der Waals surface area (Å²) in [7, 11) is 0. The van der Waals surface area contributed by atoms with E-state index in [-0.39, 0.29) is 17.2 Å². The summed E-state index contributed by atoms with van der Waals surface area (Å²) in [6, 6.07) is 8.39. The summed E-state index contributed by atoms with van der Waals surface area (Å²) in [6.45, 7) is 0. The number of hydrogen-bond donors (Lipinski definition) is 3.